The van der Waals surface area contributed by atoms with Gasteiger partial charge in [-0.2, -0.15) is 0 Å². The fourth-order valence-corrected chi connectivity index (χ4v) is 10.8. The number of hydrogen-bond donors (Lipinski definition) is 18. The minimum absolute atomic E-state index is 0.0395. The van der Waals surface area contributed by atoms with Gasteiger partial charge in [0, 0.05) is 34.8 Å². The molecule has 1 unspecified atom stereocenters. The van der Waals surface area contributed by atoms with E-state index in [0.717, 1.165) is 0 Å². The van der Waals surface area contributed by atoms with Crippen LogP contribution in [0.25, 0.3) is 11.1 Å². The van der Waals surface area contributed by atoms with Gasteiger partial charge in [0.1, 0.15) is 36.6 Å². The first-order valence-electron chi connectivity index (χ1n) is 24.9. The Morgan fingerprint density at radius 2 is 1.19 bits per heavy atom. The number of thioether (sulfide) groups is 1. The van der Waals surface area contributed by atoms with Crippen LogP contribution < -0.4 is 21.1 Å². The maximum Gasteiger partial charge on any atom is 0.341 e. The average Bonchev–Trinajstić information content (AvgIpc) is 1.08. The third-order valence-corrected chi connectivity index (χ3v) is 15.2. The number of carboxylic acids is 3. The van der Waals surface area contributed by atoms with E-state index in [2.05, 4.69) is 5.32 Å². The smallest absolute Gasteiger partial charge is 0.341 e. The first kappa shape index (κ1) is 63.1. The topological polar surface area (TPSA) is 606 Å². The number of aliphatic carboxylic acids is 3. The molecule has 0 radical (unpaired) electrons. The number of phenols is 11. The van der Waals surface area contributed by atoms with Gasteiger partial charge < -0.3 is 126 Å². The van der Waals surface area contributed by atoms with Gasteiger partial charge in [0.05, 0.1) is 28.2 Å². The summed E-state index contributed by atoms with van der Waals surface area (Å²) in [6.45, 7) is -2.63. The normalized spacial score (nSPS) is 22.3. The number of fused-ring (bicyclic) bond motifs is 3. The summed E-state index contributed by atoms with van der Waals surface area (Å²) < 4.78 is 39.5. The van der Waals surface area contributed by atoms with Gasteiger partial charge in [0.2, 0.25) is 41.5 Å². The number of nitrogens with one attached hydrogen (secondary N) is 2. The van der Waals surface area contributed by atoms with Gasteiger partial charge in [-0.05, 0) is 36.8 Å². The first-order valence-corrected chi connectivity index (χ1v) is 25.9. The molecule has 1 fully saturated rings. The van der Waals surface area contributed by atoms with Crippen molar-refractivity contribution in [1.82, 2.24) is 10.6 Å². The van der Waals surface area contributed by atoms with Gasteiger partial charge in [-0.1, -0.05) is 0 Å². The molecule has 8 rings (SSSR count). The minimum Gasteiger partial charge on any atom is -0.504 e. The number of carbonyl (C=O) groups excluding carboxylic acids is 8. The molecule has 4 heterocycles. The van der Waals surface area contributed by atoms with Crippen LogP contribution in [-0.4, -0.2) is 215 Å². The van der Waals surface area contributed by atoms with Crippen LogP contribution in [0.3, 0.4) is 0 Å². The highest BCUT2D eigenvalue weighted by atomic mass is 32.2. The zero-order valence-electron chi connectivity index (χ0n) is 43.8. The summed E-state index contributed by atoms with van der Waals surface area (Å²) >= 11 is -0.0395. The van der Waals surface area contributed by atoms with Crippen molar-refractivity contribution in [2.75, 3.05) is 18.9 Å². The van der Waals surface area contributed by atoms with Crippen molar-refractivity contribution in [3.05, 3.63) is 58.1 Å². The standard InChI is InChI=1S/C51H45N3O33S/c52-15(43(71)72)1-2-23(60)54-16(42(70)53-8-24(61)62)10-88-41(44(73)74)29-28-27-14(7-21(59)33(66)38(27)84-50(80)36(28)69)48(78)86-40-39-37(83-49(29)79)22(82-51(40)87-45(75)11-3-17(55)30(63)18(56)4-11)9-81-46(76)12-5-19(57)31(64)34(67)25(12)26-13(47(77)85-39)6-20(58)32(65)35(26)68/h3-7,15-16,22,28-29,36-37,39-41,51,55-59,63-69H,1-2,8-10,52H2,(H,53,70)(H,54,60)(H,61,62)(H,71,72)(H,73,74)/t15-,16?,22+,28+,29+,36-,37+,39+,40+,41-,51-/m0/s1. The maximum absolute atomic E-state index is 15.6. The van der Waals surface area contributed by atoms with E-state index in [1.165, 1.54) is 0 Å². The number of ether oxygens (including phenoxy) is 7. The fourth-order valence-electron chi connectivity index (χ4n) is 9.57. The Bertz CT molecular complexity index is 3640. The molecule has 1 saturated heterocycles. The lowest BCUT2D eigenvalue weighted by molar-refractivity contribution is -0.287. The molecule has 88 heavy (non-hydrogen) atoms. The second kappa shape index (κ2) is 24.6. The molecule has 0 aliphatic carbocycles. The van der Waals surface area contributed by atoms with Gasteiger partial charge in [0.15, 0.2) is 70.1 Å². The molecule has 4 aliphatic heterocycles. The molecule has 2 amide bonds. The highest BCUT2D eigenvalue weighted by Gasteiger charge is 2.59. The number of hydrogen-bond acceptors (Lipinski definition) is 32. The van der Waals surface area contributed by atoms with Crippen LogP contribution in [0.15, 0.2) is 30.3 Å². The van der Waals surface area contributed by atoms with Crippen molar-refractivity contribution in [3.63, 3.8) is 0 Å². The van der Waals surface area contributed by atoms with Crippen molar-refractivity contribution in [1.29, 1.82) is 0 Å². The van der Waals surface area contributed by atoms with Crippen LogP contribution in [-0.2, 0) is 62.0 Å². The lowest BCUT2D eigenvalue weighted by atomic mass is 9.76. The van der Waals surface area contributed by atoms with Crippen molar-refractivity contribution in [3.8, 4) is 80.1 Å². The van der Waals surface area contributed by atoms with Crippen LogP contribution in [0.4, 0.5) is 0 Å². The SMILES string of the molecule is N[C@@H](CCC(=O)NC(CS[C@H](C(=O)O)[C@@H]1C(=O)O[C@H]2[C@H]3OC(=O)c4cc(O)c(O)c(O)c4-c4c(cc(O)c(O)c4O)C(=O)OC[C@H]2O[C@@H](OC(=O)c2cc(O)c(O)c(O)c2)[C@@H]3OC(=O)c2cc(O)c(O)c3c2[C@H]1[C@H](O)C(=O)O3)C(=O)NCC(=O)O)C(=O)O. The van der Waals surface area contributed by atoms with E-state index in [1.54, 1.807) is 0 Å². The molecular weight excluding hydrogens is 1210 g/mol. The van der Waals surface area contributed by atoms with Gasteiger partial charge in [-0.15, -0.1) is 11.8 Å². The molecule has 4 aromatic rings. The number of cyclic esters (lactones) is 1. The summed E-state index contributed by atoms with van der Waals surface area (Å²) in [4.78, 5) is 151. The number of carboxylic acid groups (broad SMARTS) is 3. The minimum atomic E-state index is -2.90. The zero-order chi connectivity index (χ0) is 64.8. The number of amides is 2. The van der Waals surface area contributed by atoms with E-state index in [-0.39, 0.29) is 17.8 Å². The summed E-state index contributed by atoms with van der Waals surface area (Å²) in [7, 11) is 0. The number of nitrogens with two attached hydrogens (primary N) is 1. The molecule has 0 spiro atoms. The predicted octanol–water partition coefficient (Wildman–Crippen LogP) is -2.41. The lowest BCUT2D eigenvalue weighted by Gasteiger charge is -2.44. The van der Waals surface area contributed by atoms with E-state index in [9.17, 15) is 115 Å². The Morgan fingerprint density at radius 3 is 1.77 bits per heavy atom. The Kier molecular flexibility index (Phi) is 17.6. The number of benzene rings is 4. The van der Waals surface area contributed by atoms with Gasteiger partial charge in [-0.3, -0.25) is 28.8 Å². The number of phenolic OH excluding ortho intramolecular Hbond substituents is 11. The number of rotatable bonds is 15. The predicted molar refractivity (Wildman–Crippen MR) is 275 cm³/mol. The molecule has 468 valence electrons. The first-order chi connectivity index (χ1) is 41.3. The van der Waals surface area contributed by atoms with Crippen LogP contribution in [0.5, 0.6) is 69.0 Å². The molecule has 36 nitrogen and oxygen atoms in total. The van der Waals surface area contributed by atoms with Crippen LogP contribution in [0, 0.1) is 5.92 Å². The van der Waals surface area contributed by atoms with E-state index in [0.29, 0.717) is 24.3 Å². The molecule has 0 saturated carbocycles. The van der Waals surface area contributed by atoms with Crippen LogP contribution in [0.1, 0.15) is 65.8 Å². The third kappa shape index (κ3) is 12.0. The van der Waals surface area contributed by atoms with Crippen molar-refractivity contribution < 1.29 is 162 Å². The molecule has 11 atom stereocenters. The second-order valence-corrected chi connectivity index (χ2v) is 20.5. The quantitative estimate of drug-likeness (QED) is 0.0255. The molecule has 0 aromatic heterocycles. The van der Waals surface area contributed by atoms with E-state index < -0.39 is 271 Å². The van der Waals surface area contributed by atoms with Crippen molar-refractivity contribution in [2.24, 2.45) is 11.7 Å². The van der Waals surface area contributed by atoms with Gasteiger partial charge in [0.25, 0.3) is 0 Å². The Balaban J connectivity index is 1.36. The summed E-state index contributed by atoms with van der Waals surface area (Å²) in [6, 6.07) is -1.75. The summed E-state index contributed by atoms with van der Waals surface area (Å²) in [5, 5.41) is 161. The number of carbonyl (C=O) groups is 11. The van der Waals surface area contributed by atoms with Crippen LogP contribution in [0.2, 0.25) is 0 Å². The highest BCUT2D eigenvalue weighted by molar-refractivity contribution is 8.00. The molecule has 19 N–H and O–H groups in total. The van der Waals surface area contributed by atoms with E-state index in [1.807, 2.05) is 5.32 Å². The van der Waals surface area contributed by atoms with E-state index in [4.69, 9.17) is 38.9 Å². The molecule has 37 heteroatoms. The summed E-state index contributed by atoms with van der Waals surface area (Å²) in [5.41, 5.74) is -2.57. The lowest BCUT2D eigenvalue weighted by Crippen LogP contribution is -2.63. The number of esters is 6. The summed E-state index contributed by atoms with van der Waals surface area (Å²) in [5.74, 6) is -42.5. The number of aliphatic hydroxyl groups excluding tert-OH is 1. The number of aliphatic hydroxyl groups is 1. The monoisotopic (exact) mass is 1260 g/mol. The molecular formula is C51H45N3O33S. The van der Waals surface area contributed by atoms with E-state index >= 15 is 14.4 Å². The Hall–Kier alpha value is -10.9. The largest absolute Gasteiger partial charge is 0.504 e. The molecule has 4 aliphatic rings. The molecule has 4 bridgehead atoms. The van der Waals surface area contributed by atoms with Gasteiger partial charge >= 0.3 is 53.7 Å². The Labute approximate surface area is 490 Å². The van der Waals surface area contributed by atoms with Crippen molar-refractivity contribution >= 4 is 77.3 Å². The van der Waals surface area contributed by atoms with Crippen LogP contribution >= 0.6 is 11.8 Å². The average molecular weight is 1260 g/mol. The maximum atomic E-state index is 15.6. The zero-order valence-corrected chi connectivity index (χ0v) is 44.6. The third-order valence-electron chi connectivity index (χ3n) is 13.8. The summed E-state index contributed by atoms with van der Waals surface area (Å²) in [6.07, 6.45) is -17.7. The fraction of sp³-hybridized carbons (Fsp3) is 0.314. The highest BCUT2D eigenvalue weighted by Crippen LogP contribution is 2.55. The molecule has 4 aromatic carbocycles. The second-order valence-electron chi connectivity index (χ2n) is 19.3. The number of aromatic hydroxyl groups is 11. The van der Waals surface area contributed by atoms with Crippen molar-refractivity contribution in [2.45, 2.75) is 72.9 Å². The van der Waals surface area contributed by atoms with Gasteiger partial charge in [-0.25, -0.2) is 24.0 Å². The Morgan fingerprint density at radius 1 is 0.648 bits per heavy atom.